The standard InChI is InChI=1S/C7H5ClN2OS2/c8-7-4(1-2-12-7)6(11)5-3-9-10-13-5/h1-3,6,11H. The third-order valence-electron chi connectivity index (χ3n) is 1.59. The zero-order chi connectivity index (χ0) is 9.26. The molecule has 13 heavy (non-hydrogen) atoms. The van der Waals surface area contributed by atoms with Gasteiger partial charge >= 0.3 is 0 Å². The van der Waals surface area contributed by atoms with E-state index >= 15 is 0 Å². The van der Waals surface area contributed by atoms with E-state index in [1.807, 2.05) is 5.38 Å². The van der Waals surface area contributed by atoms with Crippen LogP contribution < -0.4 is 0 Å². The number of hydrogen-bond acceptors (Lipinski definition) is 5. The molecule has 0 spiro atoms. The number of aliphatic hydroxyl groups excluding tert-OH is 1. The molecule has 3 nitrogen and oxygen atoms in total. The topological polar surface area (TPSA) is 46.0 Å². The van der Waals surface area contributed by atoms with E-state index in [2.05, 4.69) is 9.59 Å². The third-order valence-corrected chi connectivity index (χ3v) is 3.50. The molecule has 0 amide bonds. The van der Waals surface area contributed by atoms with Gasteiger partial charge in [-0.05, 0) is 23.0 Å². The molecule has 2 rings (SSSR count). The van der Waals surface area contributed by atoms with Gasteiger partial charge in [0.2, 0.25) is 0 Å². The zero-order valence-corrected chi connectivity index (χ0v) is 8.73. The molecule has 1 unspecified atom stereocenters. The number of hydrogen-bond donors (Lipinski definition) is 1. The predicted molar refractivity (Wildman–Crippen MR) is 53.3 cm³/mol. The van der Waals surface area contributed by atoms with Gasteiger partial charge in [0.25, 0.3) is 0 Å². The van der Waals surface area contributed by atoms with Crippen LogP contribution in [0.5, 0.6) is 0 Å². The van der Waals surface area contributed by atoms with Crippen LogP contribution >= 0.6 is 34.5 Å². The van der Waals surface area contributed by atoms with Crippen LogP contribution in [0.4, 0.5) is 0 Å². The molecule has 0 bridgehead atoms. The van der Waals surface area contributed by atoms with E-state index < -0.39 is 6.10 Å². The van der Waals surface area contributed by atoms with Gasteiger partial charge in [0.05, 0.1) is 15.4 Å². The SMILES string of the molecule is OC(c1cnns1)c1ccsc1Cl. The summed E-state index contributed by atoms with van der Waals surface area (Å²) in [7, 11) is 0. The number of halogens is 1. The lowest BCUT2D eigenvalue weighted by molar-refractivity contribution is 0.224. The van der Waals surface area contributed by atoms with Crippen LogP contribution in [0.2, 0.25) is 4.34 Å². The van der Waals surface area contributed by atoms with Gasteiger partial charge in [0.1, 0.15) is 6.10 Å². The highest BCUT2D eigenvalue weighted by molar-refractivity contribution is 7.14. The maximum absolute atomic E-state index is 9.80. The summed E-state index contributed by atoms with van der Waals surface area (Å²) in [4.78, 5) is 0.709. The van der Waals surface area contributed by atoms with E-state index in [1.165, 1.54) is 22.9 Å². The highest BCUT2D eigenvalue weighted by atomic mass is 35.5. The fraction of sp³-hybridized carbons (Fsp3) is 0.143. The summed E-state index contributed by atoms with van der Waals surface area (Å²) in [6, 6.07) is 1.80. The van der Waals surface area contributed by atoms with Gasteiger partial charge in [-0.25, -0.2) is 0 Å². The van der Waals surface area contributed by atoms with Gasteiger partial charge in [-0.1, -0.05) is 16.1 Å². The Hall–Kier alpha value is -0.490. The maximum Gasteiger partial charge on any atom is 0.119 e. The number of thiophene rings is 1. The van der Waals surface area contributed by atoms with Crippen molar-refractivity contribution in [3.8, 4) is 0 Å². The summed E-state index contributed by atoms with van der Waals surface area (Å²) in [5, 5.41) is 15.3. The average molecular weight is 233 g/mol. The monoisotopic (exact) mass is 232 g/mol. The molecule has 2 aromatic rings. The summed E-state index contributed by atoms with van der Waals surface area (Å²) < 4.78 is 4.29. The molecule has 0 saturated carbocycles. The van der Waals surface area contributed by atoms with Crippen LogP contribution in [0.15, 0.2) is 17.6 Å². The maximum atomic E-state index is 9.80. The van der Waals surface area contributed by atoms with Crippen molar-refractivity contribution in [2.45, 2.75) is 6.10 Å². The molecule has 6 heteroatoms. The van der Waals surface area contributed by atoms with Crippen LogP contribution in [0.3, 0.4) is 0 Å². The molecule has 0 saturated heterocycles. The lowest BCUT2D eigenvalue weighted by Crippen LogP contribution is -1.95. The Morgan fingerprint density at radius 1 is 1.54 bits per heavy atom. The number of nitrogens with zero attached hydrogens (tertiary/aromatic N) is 2. The molecule has 0 aliphatic heterocycles. The zero-order valence-electron chi connectivity index (χ0n) is 6.35. The van der Waals surface area contributed by atoms with Crippen molar-refractivity contribution in [1.29, 1.82) is 0 Å². The van der Waals surface area contributed by atoms with Crippen molar-refractivity contribution in [1.82, 2.24) is 9.59 Å². The van der Waals surface area contributed by atoms with Gasteiger partial charge in [0.15, 0.2) is 0 Å². The van der Waals surface area contributed by atoms with Gasteiger partial charge in [-0.3, -0.25) is 0 Å². The molecule has 0 fully saturated rings. The minimum Gasteiger partial charge on any atom is -0.383 e. The second-order valence-corrected chi connectivity index (χ2v) is 4.71. The molecule has 68 valence electrons. The quantitative estimate of drug-likeness (QED) is 0.865. The molecule has 0 aromatic carbocycles. The minimum absolute atomic E-state index is 0.612. The fourth-order valence-corrected chi connectivity index (χ4v) is 2.43. The Kier molecular flexibility index (Phi) is 2.59. The molecule has 2 heterocycles. The van der Waals surface area contributed by atoms with Gasteiger partial charge in [0, 0.05) is 5.56 Å². The number of aliphatic hydroxyl groups is 1. The summed E-state index contributed by atoms with van der Waals surface area (Å²) >= 11 is 8.45. The molecule has 1 N–H and O–H groups in total. The van der Waals surface area contributed by atoms with Crippen molar-refractivity contribution in [2.24, 2.45) is 0 Å². The van der Waals surface area contributed by atoms with E-state index in [0.717, 1.165) is 5.56 Å². The van der Waals surface area contributed by atoms with Crippen molar-refractivity contribution >= 4 is 34.5 Å². The van der Waals surface area contributed by atoms with E-state index in [0.29, 0.717) is 9.21 Å². The van der Waals surface area contributed by atoms with E-state index in [9.17, 15) is 5.11 Å². The average Bonchev–Trinajstić information content (AvgIpc) is 2.72. The van der Waals surface area contributed by atoms with Crippen molar-refractivity contribution < 1.29 is 5.11 Å². The van der Waals surface area contributed by atoms with Gasteiger partial charge < -0.3 is 5.11 Å². The summed E-state index contributed by atoms with van der Waals surface area (Å²) in [5.74, 6) is 0. The van der Waals surface area contributed by atoms with E-state index in [-0.39, 0.29) is 0 Å². The van der Waals surface area contributed by atoms with Crippen molar-refractivity contribution in [3.05, 3.63) is 32.4 Å². The molecule has 1 atom stereocenters. The van der Waals surface area contributed by atoms with Gasteiger partial charge in [-0.2, -0.15) is 0 Å². The van der Waals surface area contributed by atoms with E-state index in [4.69, 9.17) is 11.6 Å². The Bertz CT molecular complexity index is 387. The molecule has 0 aliphatic carbocycles. The summed E-state index contributed by atoms with van der Waals surface area (Å²) in [6.45, 7) is 0. The Morgan fingerprint density at radius 2 is 2.38 bits per heavy atom. The van der Waals surface area contributed by atoms with Crippen LogP contribution in [0, 0.1) is 0 Å². The Balaban J connectivity index is 2.33. The van der Waals surface area contributed by atoms with Crippen LogP contribution in [0.1, 0.15) is 16.5 Å². The summed E-state index contributed by atoms with van der Waals surface area (Å²) in [6.07, 6.45) is 0.849. The first-order chi connectivity index (χ1) is 6.29. The first-order valence-electron chi connectivity index (χ1n) is 3.47. The van der Waals surface area contributed by atoms with Gasteiger partial charge in [-0.15, -0.1) is 16.4 Å². The lowest BCUT2D eigenvalue weighted by Gasteiger charge is -2.04. The number of rotatable bonds is 2. The third kappa shape index (κ3) is 1.73. The second-order valence-electron chi connectivity index (χ2n) is 2.37. The Labute approximate surface area is 87.8 Å². The summed E-state index contributed by atoms with van der Waals surface area (Å²) in [5.41, 5.74) is 0.720. The second kappa shape index (κ2) is 3.71. The molecule has 0 aliphatic rings. The molecular weight excluding hydrogens is 228 g/mol. The first kappa shape index (κ1) is 9.08. The normalized spacial score (nSPS) is 13.1. The number of aromatic nitrogens is 2. The van der Waals surface area contributed by atoms with E-state index in [1.54, 1.807) is 12.3 Å². The molecule has 0 radical (unpaired) electrons. The highest BCUT2D eigenvalue weighted by Gasteiger charge is 2.16. The molecular formula is C7H5ClN2OS2. The van der Waals surface area contributed by atoms with Crippen LogP contribution in [-0.2, 0) is 0 Å². The lowest BCUT2D eigenvalue weighted by atomic mass is 10.2. The minimum atomic E-state index is -0.696. The molecule has 2 aromatic heterocycles. The Morgan fingerprint density at radius 3 is 2.92 bits per heavy atom. The largest absolute Gasteiger partial charge is 0.383 e. The first-order valence-corrected chi connectivity index (χ1v) is 5.50. The van der Waals surface area contributed by atoms with Crippen LogP contribution in [0.25, 0.3) is 0 Å². The highest BCUT2D eigenvalue weighted by Crippen LogP contribution is 2.32. The van der Waals surface area contributed by atoms with Crippen molar-refractivity contribution in [2.75, 3.05) is 0 Å². The smallest absolute Gasteiger partial charge is 0.119 e. The predicted octanol–water partition coefficient (Wildman–Crippen LogP) is 2.33. The van der Waals surface area contributed by atoms with Crippen molar-refractivity contribution in [3.63, 3.8) is 0 Å². The fourth-order valence-electron chi connectivity index (χ4n) is 0.948. The van der Waals surface area contributed by atoms with Crippen LogP contribution in [-0.4, -0.2) is 14.7 Å².